The molecule has 21 heavy (non-hydrogen) atoms. The zero-order chi connectivity index (χ0) is 15.1. The minimum absolute atomic E-state index is 0.719. The summed E-state index contributed by atoms with van der Waals surface area (Å²) in [6.45, 7) is 11.3. The summed E-state index contributed by atoms with van der Waals surface area (Å²) in [5.41, 5.74) is 2.82. The number of hydrogen-bond acceptors (Lipinski definition) is 3. The molecule has 1 aliphatic heterocycles. The lowest BCUT2D eigenvalue weighted by Crippen LogP contribution is -2.50. The van der Waals surface area contributed by atoms with Crippen LogP contribution in [0, 0.1) is 0 Å². The number of benzene rings is 1. The maximum absolute atomic E-state index is 3.45. The number of nitrogens with one attached hydrogen (secondary N) is 1. The minimum atomic E-state index is 0.719. The first-order valence-electron chi connectivity index (χ1n) is 8.44. The Kier molecular flexibility index (Phi) is 6.68. The summed E-state index contributed by atoms with van der Waals surface area (Å²) in [7, 11) is 2.25. The molecule has 3 nitrogen and oxygen atoms in total. The number of rotatable bonds is 7. The van der Waals surface area contributed by atoms with Crippen molar-refractivity contribution < 1.29 is 0 Å². The van der Waals surface area contributed by atoms with E-state index in [2.05, 4.69) is 60.3 Å². The predicted molar refractivity (Wildman–Crippen MR) is 90.4 cm³/mol. The fourth-order valence-electron chi connectivity index (χ4n) is 3.03. The van der Waals surface area contributed by atoms with Crippen molar-refractivity contribution >= 4 is 0 Å². The molecule has 0 saturated carbocycles. The largest absolute Gasteiger partial charge is 0.313 e. The third-order valence-corrected chi connectivity index (χ3v) is 4.52. The molecule has 1 atom stereocenters. The first-order valence-corrected chi connectivity index (χ1v) is 8.44. The zero-order valence-corrected chi connectivity index (χ0v) is 13.9. The van der Waals surface area contributed by atoms with Crippen LogP contribution < -0.4 is 5.32 Å². The van der Waals surface area contributed by atoms with Gasteiger partial charge in [-0.2, -0.15) is 0 Å². The van der Waals surface area contributed by atoms with Crippen LogP contribution in [0.15, 0.2) is 24.3 Å². The van der Waals surface area contributed by atoms with Crippen molar-refractivity contribution in [2.24, 2.45) is 0 Å². The predicted octanol–water partition coefficient (Wildman–Crippen LogP) is 2.71. The quantitative estimate of drug-likeness (QED) is 0.779. The molecule has 0 bridgehead atoms. The van der Waals surface area contributed by atoms with E-state index in [1.807, 2.05) is 0 Å². The van der Waals surface area contributed by atoms with Crippen molar-refractivity contribution in [1.82, 2.24) is 15.1 Å². The van der Waals surface area contributed by atoms with Gasteiger partial charge in [0, 0.05) is 38.8 Å². The van der Waals surface area contributed by atoms with Crippen LogP contribution in [0.4, 0.5) is 0 Å². The monoisotopic (exact) mass is 289 g/mol. The zero-order valence-electron chi connectivity index (χ0n) is 13.9. The van der Waals surface area contributed by atoms with Crippen molar-refractivity contribution in [2.75, 3.05) is 33.2 Å². The van der Waals surface area contributed by atoms with Gasteiger partial charge in [-0.1, -0.05) is 38.1 Å². The highest BCUT2D eigenvalue weighted by molar-refractivity contribution is 5.22. The number of nitrogens with zero attached hydrogens (tertiary/aromatic N) is 2. The van der Waals surface area contributed by atoms with Crippen LogP contribution in [0.3, 0.4) is 0 Å². The fourth-order valence-corrected chi connectivity index (χ4v) is 3.03. The highest BCUT2D eigenvalue weighted by atomic mass is 15.3. The lowest BCUT2D eigenvalue weighted by atomic mass is 10.1. The highest BCUT2D eigenvalue weighted by Crippen LogP contribution is 2.14. The molecule has 0 amide bonds. The van der Waals surface area contributed by atoms with Crippen LogP contribution in [0.1, 0.15) is 37.8 Å². The molecular weight excluding hydrogens is 258 g/mol. The molecule has 1 aliphatic rings. The van der Waals surface area contributed by atoms with Gasteiger partial charge in [-0.05, 0) is 37.6 Å². The SMILES string of the molecule is CCCNCc1ccc(CN2CCN(C)C(CC)C2)cc1. The van der Waals surface area contributed by atoms with Gasteiger partial charge in [0.05, 0.1) is 0 Å². The molecule has 1 heterocycles. The number of likely N-dealkylation sites (N-methyl/N-ethyl adjacent to an activating group) is 1. The van der Waals surface area contributed by atoms with E-state index in [1.54, 1.807) is 0 Å². The van der Waals surface area contributed by atoms with Crippen molar-refractivity contribution in [2.45, 2.75) is 45.8 Å². The standard InChI is InChI=1S/C18H31N3/c1-4-10-19-13-16-6-8-17(9-7-16)14-21-12-11-20(3)18(5-2)15-21/h6-9,18-19H,4-5,10-15H2,1-3H3. The van der Waals surface area contributed by atoms with Crippen LogP contribution in [0.25, 0.3) is 0 Å². The Bertz CT molecular complexity index is 401. The van der Waals surface area contributed by atoms with Gasteiger partial charge in [-0.25, -0.2) is 0 Å². The molecule has 1 aromatic carbocycles. The van der Waals surface area contributed by atoms with Crippen molar-refractivity contribution in [1.29, 1.82) is 0 Å². The average Bonchev–Trinajstić information content (AvgIpc) is 2.51. The number of hydrogen-bond donors (Lipinski definition) is 1. The minimum Gasteiger partial charge on any atom is -0.313 e. The Morgan fingerprint density at radius 2 is 1.81 bits per heavy atom. The van der Waals surface area contributed by atoms with Crippen LogP contribution in [0.2, 0.25) is 0 Å². The molecule has 1 unspecified atom stereocenters. The van der Waals surface area contributed by atoms with Crippen LogP contribution in [-0.4, -0.2) is 49.1 Å². The normalized spacial score (nSPS) is 20.8. The molecule has 0 radical (unpaired) electrons. The van der Waals surface area contributed by atoms with Gasteiger partial charge in [0.2, 0.25) is 0 Å². The van der Waals surface area contributed by atoms with Gasteiger partial charge in [0.15, 0.2) is 0 Å². The molecule has 0 aliphatic carbocycles. The molecule has 118 valence electrons. The maximum Gasteiger partial charge on any atom is 0.0234 e. The fraction of sp³-hybridized carbons (Fsp3) is 0.667. The molecule has 0 aromatic heterocycles. The van der Waals surface area contributed by atoms with Gasteiger partial charge < -0.3 is 10.2 Å². The Labute approximate surface area is 130 Å². The molecule has 1 aromatic rings. The summed E-state index contributed by atoms with van der Waals surface area (Å²) in [4.78, 5) is 5.09. The van der Waals surface area contributed by atoms with E-state index < -0.39 is 0 Å². The Morgan fingerprint density at radius 3 is 2.48 bits per heavy atom. The van der Waals surface area contributed by atoms with Crippen molar-refractivity contribution in [3.05, 3.63) is 35.4 Å². The second-order valence-electron chi connectivity index (χ2n) is 6.27. The molecule has 0 spiro atoms. The van der Waals surface area contributed by atoms with Crippen LogP contribution in [-0.2, 0) is 13.1 Å². The molecule has 2 rings (SSSR count). The van der Waals surface area contributed by atoms with Gasteiger partial charge in [-0.3, -0.25) is 4.90 Å². The third-order valence-electron chi connectivity index (χ3n) is 4.52. The summed E-state index contributed by atoms with van der Waals surface area (Å²) < 4.78 is 0. The maximum atomic E-state index is 3.45. The highest BCUT2D eigenvalue weighted by Gasteiger charge is 2.22. The lowest BCUT2D eigenvalue weighted by Gasteiger charge is -2.39. The Balaban J connectivity index is 1.82. The second-order valence-corrected chi connectivity index (χ2v) is 6.27. The van der Waals surface area contributed by atoms with Crippen molar-refractivity contribution in [3.63, 3.8) is 0 Å². The van der Waals surface area contributed by atoms with Crippen LogP contribution in [0.5, 0.6) is 0 Å². The molecule has 1 N–H and O–H groups in total. The van der Waals surface area contributed by atoms with E-state index in [9.17, 15) is 0 Å². The van der Waals surface area contributed by atoms with Gasteiger partial charge >= 0.3 is 0 Å². The topological polar surface area (TPSA) is 18.5 Å². The van der Waals surface area contributed by atoms with E-state index in [-0.39, 0.29) is 0 Å². The summed E-state index contributed by atoms with van der Waals surface area (Å²) in [5.74, 6) is 0. The first-order chi connectivity index (χ1) is 10.2. The molecular formula is C18H31N3. The van der Waals surface area contributed by atoms with E-state index in [1.165, 1.54) is 43.6 Å². The van der Waals surface area contributed by atoms with E-state index in [0.29, 0.717) is 0 Å². The summed E-state index contributed by atoms with van der Waals surface area (Å²) in [6, 6.07) is 9.84. The molecule has 1 saturated heterocycles. The second kappa shape index (κ2) is 8.52. The lowest BCUT2D eigenvalue weighted by molar-refractivity contribution is 0.0884. The first kappa shape index (κ1) is 16.5. The molecule has 1 fully saturated rings. The summed E-state index contributed by atoms with van der Waals surface area (Å²) in [6.07, 6.45) is 2.44. The summed E-state index contributed by atoms with van der Waals surface area (Å²) >= 11 is 0. The molecule has 3 heteroatoms. The van der Waals surface area contributed by atoms with E-state index >= 15 is 0 Å². The Morgan fingerprint density at radius 1 is 1.10 bits per heavy atom. The smallest absolute Gasteiger partial charge is 0.0234 e. The van der Waals surface area contributed by atoms with Crippen molar-refractivity contribution in [3.8, 4) is 0 Å². The third kappa shape index (κ3) is 5.10. The van der Waals surface area contributed by atoms with E-state index in [4.69, 9.17) is 0 Å². The van der Waals surface area contributed by atoms with Crippen LogP contribution >= 0.6 is 0 Å². The average molecular weight is 289 g/mol. The Hall–Kier alpha value is -0.900. The van der Waals surface area contributed by atoms with Gasteiger partial charge in [-0.15, -0.1) is 0 Å². The van der Waals surface area contributed by atoms with Gasteiger partial charge in [0.1, 0.15) is 0 Å². The number of piperazine rings is 1. The van der Waals surface area contributed by atoms with E-state index in [0.717, 1.165) is 25.7 Å². The summed E-state index contributed by atoms with van der Waals surface area (Å²) in [5, 5.41) is 3.45. The van der Waals surface area contributed by atoms with Gasteiger partial charge in [0.25, 0.3) is 0 Å².